The normalized spacial score (nSPS) is 11.8. The smallest absolute Gasteiger partial charge is 0.164 e. The molecule has 5 nitrogen and oxygen atoms in total. The number of benzene rings is 8. The van der Waals surface area contributed by atoms with Crippen molar-refractivity contribution in [1.29, 1.82) is 0 Å². The first-order valence-electron chi connectivity index (χ1n) is 17.4. The fourth-order valence-corrected chi connectivity index (χ4v) is 7.79. The molecule has 8 aromatic carbocycles. The Bertz CT molecular complexity index is 3190. The van der Waals surface area contributed by atoms with Gasteiger partial charge in [0.15, 0.2) is 17.5 Å². The Labute approximate surface area is 297 Å². The first-order valence-corrected chi connectivity index (χ1v) is 17.4. The van der Waals surface area contributed by atoms with Gasteiger partial charge < -0.3 is 8.83 Å². The summed E-state index contributed by atoms with van der Waals surface area (Å²) in [6, 6.07) is 56.1. The monoisotopic (exact) mass is 665 g/mol. The molecule has 0 fully saturated rings. The van der Waals surface area contributed by atoms with E-state index in [9.17, 15) is 0 Å². The molecule has 0 N–H and O–H groups in total. The average Bonchev–Trinajstić information content (AvgIpc) is 3.79. The first kappa shape index (κ1) is 28.7. The van der Waals surface area contributed by atoms with Gasteiger partial charge in [-0.25, -0.2) is 15.0 Å². The molecule has 0 spiro atoms. The number of rotatable bonds is 4. The van der Waals surface area contributed by atoms with Crippen molar-refractivity contribution in [3.63, 3.8) is 0 Å². The molecule has 11 rings (SSSR count). The zero-order valence-corrected chi connectivity index (χ0v) is 27.7. The molecule has 0 aliphatic carbocycles. The molecule has 0 radical (unpaired) electrons. The van der Waals surface area contributed by atoms with Crippen LogP contribution in [0.4, 0.5) is 0 Å². The van der Waals surface area contributed by atoms with Crippen molar-refractivity contribution in [3.8, 4) is 45.3 Å². The lowest BCUT2D eigenvalue weighted by molar-refractivity contribution is 0.669. The van der Waals surface area contributed by atoms with Gasteiger partial charge in [0.2, 0.25) is 0 Å². The van der Waals surface area contributed by atoms with Gasteiger partial charge in [-0.3, -0.25) is 0 Å². The quantitative estimate of drug-likeness (QED) is 0.187. The molecule has 0 bridgehead atoms. The molecule has 242 valence electrons. The lowest BCUT2D eigenvalue weighted by Crippen LogP contribution is -2.01. The van der Waals surface area contributed by atoms with Gasteiger partial charge in [-0.1, -0.05) is 133 Å². The maximum atomic E-state index is 6.64. The van der Waals surface area contributed by atoms with Crippen LogP contribution < -0.4 is 0 Å². The summed E-state index contributed by atoms with van der Waals surface area (Å²) in [5.74, 6) is 1.73. The lowest BCUT2D eigenvalue weighted by atomic mass is 9.97. The summed E-state index contributed by atoms with van der Waals surface area (Å²) in [6.45, 7) is 0. The Morgan fingerprint density at radius 2 is 0.885 bits per heavy atom. The van der Waals surface area contributed by atoms with Crippen molar-refractivity contribution < 1.29 is 8.83 Å². The molecule has 52 heavy (non-hydrogen) atoms. The Morgan fingerprint density at radius 1 is 0.327 bits per heavy atom. The van der Waals surface area contributed by atoms with Gasteiger partial charge >= 0.3 is 0 Å². The van der Waals surface area contributed by atoms with E-state index in [2.05, 4.69) is 127 Å². The fraction of sp³-hybridized carbons (Fsp3) is 0. The fourth-order valence-electron chi connectivity index (χ4n) is 7.79. The molecular formula is C47H27N3O2. The maximum absolute atomic E-state index is 6.64. The van der Waals surface area contributed by atoms with Crippen LogP contribution in [0.5, 0.6) is 0 Å². The standard InChI is InChI=1S/C47H27N3O2/c1-2-13-29(14-3-1)31-25-26-37(43-36-21-9-11-24-40(36)52-44(31)43)46-48-45(34-22-12-16-28-15-4-5-17-30(28)34)49-47(50-46)38-27-41-42(33-19-7-6-18-32(33)38)35-20-8-10-23-39(35)51-41/h1-27H. The second-order valence-corrected chi connectivity index (χ2v) is 13.1. The molecule has 0 unspecified atom stereocenters. The summed E-state index contributed by atoms with van der Waals surface area (Å²) >= 11 is 0. The zero-order chi connectivity index (χ0) is 34.2. The number of para-hydroxylation sites is 2. The van der Waals surface area contributed by atoms with Crippen molar-refractivity contribution in [2.24, 2.45) is 0 Å². The SMILES string of the molecule is c1ccc(-c2ccc(-c3nc(-c4cccc5ccccc45)nc(-c4cc5oc6ccccc6c5c5ccccc45)n3)c3c2oc2ccccc23)cc1. The highest BCUT2D eigenvalue weighted by molar-refractivity contribution is 6.22. The Morgan fingerprint density at radius 3 is 1.67 bits per heavy atom. The van der Waals surface area contributed by atoms with E-state index in [1.54, 1.807) is 0 Å². The predicted molar refractivity (Wildman–Crippen MR) is 211 cm³/mol. The van der Waals surface area contributed by atoms with Crippen LogP contribution >= 0.6 is 0 Å². The van der Waals surface area contributed by atoms with Gasteiger partial charge in [-0.2, -0.15) is 0 Å². The molecule has 0 aliphatic rings. The first-order chi connectivity index (χ1) is 25.8. The summed E-state index contributed by atoms with van der Waals surface area (Å²) in [6.07, 6.45) is 0. The van der Waals surface area contributed by atoms with Crippen LogP contribution in [0.15, 0.2) is 173 Å². The molecule has 11 aromatic rings. The van der Waals surface area contributed by atoms with E-state index in [1.807, 2.05) is 36.4 Å². The molecule has 0 aliphatic heterocycles. The number of fused-ring (bicyclic) bond motifs is 9. The summed E-state index contributed by atoms with van der Waals surface area (Å²) in [7, 11) is 0. The van der Waals surface area contributed by atoms with E-state index in [-0.39, 0.29) is 0 Å². The molecular weight excluding hydrogens is 639 g/mol. The van der Waals surface area contributed by atoms with Crippen LogP contribution in [0.3, 0.4) is 0 Å². The Balaban J connectivity index is 1.25. The minimum Gasteiger partial charge on any atom is -0.456 e. The highest BCUT2D eigenvalue weighted by Gasteiger charge is 2.23. The third-order valence-corrected chi connectivity index (χ3v) is 10.1. The van der Waals surface area contributed by atoms with Crippen molar-refractivity contribution in [2.75, 3.05) is 0 Å². The molecule has 0 amide bonds. The van der Waals surface area contributed by atoms with Crippen LogP contribution in [0.2, 0.25) is 0 Å². The lowest BCUT2D eigenvalue weighted by Gasteiger charge is -2.13. The van der Waals surface area contributed by atoms with Gasteiger partial charge in [-0.15, -0.1) is 0 Å². The van der Waals surface area contributed by atoms with Crippen LogP contribution in [0.1, 0.15) is 0 Å². The third kappa shape index (κ3) is 4.33. The van der Waals surface area contributed by atoms with E-state index in [1.165, 1.54) is 0 Å². The second kappa shape index (κ2) is 11.2. The molecule has 3 aromatic heterocycles. The summed E-state index contributed by atoms with van der Waals surface area (Å²) in [5.41, 5.74) is 8.03. The van der Waals surface area contributed by atoms with Gasteiger partial charge in [0.1, 0.15) is 22.3 Å². The van der Waals surface area contributed by atoms with E-state index in [0.717, 1.165) is 93.2 Å². The number of hydrogen-bond donors (Lipinski definition) is 0. The van der Waals surface area contributed by atoms with E-state index in [4.69, 9.17) is 23.8 Å². The highest BCUT2D eigenvalue weighted by Crippen LogP contribution is 2.43. The van der Waals surface area contributed by atoms with Crippen molar-refractivity contribution in [2.45, 2.75) is 0 Å². The largest absolute Gasteiger partial charge is 0.456 e. The van der Waals surface area contributed by atoms with Crippen LogP contribution in [0.25, 0.3) is 111 Å². The highest BCUT2D eigenvalue weighted by atomic mass is 16.3. The molecule has 0 atom stereocenters. The number of nitrogens with zero attached hydrogens (tertiary/aromatic N) is 3. The van der Waals surface area contributed by atoms with Crippen LogP contribution in [-0.2, 0) is 0 Å². The van der Waals surface area contributed by atoms with Crippen molar-refractivity contribution in [1.82, 2.24) is 15.0 Å². The Hall–Kier alpha value is -7.11. The van der Waals surface area contributed by atoms with Crippen LogP contribution in [-0.4, -0.2) is 15.0 Å². The third-order valence-electron chi connectivity index (χ3n) is 10.1. The zero-order valence-electron chi connectivity index (χ0n) is 27.7. The average molecular weight is 666 g/mol. The van der Waals surface area contributed by atoms with E-state index in [0.29, 0.717) is 17.5 Å². The molecule has 0 saturated carbocycles. The topological polar surface area (TPSA) is 65.0 Å². The van der Waals surface area contributed by atoms with E-state index < -0.39 is 0 Å². The summed E-state index contributed by atoms with van der Waals surface area (Å²) in [5, 5.41) is 8.47. The maximum Gasteiger partial charge on any atom is 0.164 e. The van der Waals surface area contributed by atoms with Crippen LogP contribution in [0, 0.1) is 0 Å². The number of hydrogen-bond acceptors (Lipinski definition) is 5. The van der Waals surface area contributed by atoms with Gasteiger partial charge in [0.25, 0.3) is 0 Å². The minimum atomic E-state index is 0.567. The van der Waals surface area contributed by atoms with E-state index >= 15 is 0 Å². The minimum absolute atomic E-state index is 0.567. The summed E-state index contributed by atoms with van der Waals surface area (Å²) < 4.78 is 13.1. The van der Waals surface area contributed by atoms with Gasteiger partial charge in [-0.05, 0) is 57.4 Å². The number of furan rings is 2. The number of aromatic nitrogens is 3. The Kier molecular flexibility index (Phi) is 6.18. The molecule has 5 heteroatoms. The molecule has 0 saturated heterocycles. The molecule has 3 heterocycles. The van der Waals surface area contributed by atoms with Crippen molar-refractivity contribution >= 4 is 65.4 Å². The van der Waals surface area contributed by atoms with Crippen molar-refractivity contribution in [3.05, 3.63) is 164 Å². The van der Waals surface area contributed by atoms with Gasteiger partial charge in [0, 0.05) is 43.8 Å². The second-order valence-electron chi connectivity index (χ2n) is 13.1. The summed E-state index contributed by atoms with van der Waals surface area (Å²) in [4.78, 5) is 15.9. The predicted octanol–water partition coefficient (Wildman–Crippen LogP) is 12.6. The van der Waals surface area contributed by atoms with Gasteiger partial charge in [0.05, 0.1) is 0 Å².